The molecule has 0 bridgehead atoms. The number of nitrogens with two attached hydrogens (primary N) is 1. The Hall–Kier alpha value is -0.620. The summed E-state index contributed by atoms with van der Waals surface area (Å²) in [6.07, 6.45) is 1.88. The average molecular weight is 361 g/mol. The highest BCUT2D eigenvalue weighted by Gasteiger charge is 2.24. The smallest absolute Gasteiger partial charge is 0.238 e. The molecule has 0 saturated carbocycles. The lowest BCUT2D eigenvalue weighted by atomic mass is 9.99. The number of amides is 1. The first kappa shape index (κ1) is 15.8. The van der Waals surface area contributed by atoms with Gasteiger partial charge in [-0.1, -0.05) is 27.5 Å². The van der Waals surface area contributed by atoms with Crippen molar-refractivity contribution in [3.05, 3.63) is 27.7 Å². The highest BCUT2D eigenvalue weighted by atomic mass is 79.9. The van der Waals surface area contributed by atoms with E-state index in [0.29, 0.717) is 23.3 Å². The summed E-state index contributed by atoms with van der Waals surface area (Å²) in [6, 6.07) is 6.00. The number of carbonyl (C=O) groups excluding carboxylic acids is 1. The fraction of sp³-hybridized carbons (Fsp3) is 0.500. The minimum Gasteiger partial charge on any atom is -0.328 e. The Labute approximate surface area is 132 Å². The van der Waals surface area contributed by atoms with Crippen LogP contribution in [-0.2, 0) is 4.79 Å². The highest BCUT2D eigenvalue weighted by molar-refractivity contribution is 9.10. The number of halogens is 2. The van der Waals surface area contributed by atoms with E-state index in [2.05, 4.69) is 33.1 Å². The number of nitrogens with one attached hydrogen (secondary N) is 1. The van der Waals surface area contributed by atoms with E-state index in [4.69, 9.17) is 17.3 Å². The molecular weight excluding hydrogens is 342 g/mol. The third-order valence-corrected chi connectivity index (χ3v) is 4.41. The Morgan fingerprint density at radius 1 is 1.60 bits per heavy atom. The zero-order valence-corrected chi connectivity index (χ0v) is 13.7. The number of likely N-dealkylation sites (tertiary alicyclic amines) is 1. The van der Waals surface area contributed by atoms with E-state index in [-0.39, 0.29) is 11.9 Å². The molecule has 1 fully saturated rings. The van der Waals surface area contributed by atoms with Gasteiger partial charge >= 0.3 is 0 Å². The predicted octanol–water partition coefficient (Wildman–Crippen LogP) is 2.85. The SMILES string of the molecule is CC1CC(N)CCN1CC(=O)Nc1ccc(Br)cc1Cl. The normalized spacial score (nSPS) is 23.6. The number of nitrogens with zero attached hydrogens (tertiary/aromatic N) is 1. The quantitative estimate of drug-likeness (QED) is 0.871. The van der Waals surface area contributed by atoms with E-state index in [1.165, 1.54) is 0 Å². The lowest BCUT2D eigenvalue weighted by Gasteiger charge is -2.35. The number of hydrogen-bond donors (Lipinski definition) is 2. The number of benzene rings is 1. The van der Waals surface area contributed by atoms with Gasteiger partial charge < -0.3 is 11.1 Å². The molecule has 1 aromatic rings. The van der Waals surface area contributed by atoms with Gasteiger partial charge in [0.15, 0.2) is 0 Å². The summed E-state index contributed by atoms with van der Waals surface area (Å²) in [5.41, 5.74) is 6.57. The molecule has 2 rings (SSSR count). The number of piperidine rings is 1. The van der Waals surface area contributed by atoms with Crippen LogP contribution in [0, 0.1) is 0 Å². The van der Waals surface area contributed by atoms with Crippen molar-refractivity contribution in [2.24, 2.45) is 5.73 Å². The molecule has 3 N–H and O–H groups in total. The van der Waals surface area contributed by atoms with Gasteiger partial charge in [0.05, 0.1) is 17.3 Å². The number of anilines is 1. The van der Waals surface area contributed by atoms with Gasteiger partial charge in [-0.2, -0.15) is 0 Å². The molecule has 0 spiro atoms. The second-order valence-electron chi connectivity index (χ2n) is 5.28. The number of rotatable bonds is 3. The van der Waals surface area contributed by atoms with Crippen LogP contribution in [0.4, 0.5) is 5.69 Å². The van der Waals surface area contributed by atoms with Gasteiger partial charge in [0, 0.05) is 23.1 Å². The van der Waals surface area contributed by atoms with Crippen molar-refractivity contribution in [2.45, 2.75) is 31.8 Å². The van der Waals surface area contributed by atoms with Gasteiger partial charge in [-0.3, -0.25) is 9.69 Å². The summed E-state index contributed by atoms with van der Waals surface area (Å²) in [6.45, 7) is 3.35. The molecule has 1 saturated heterocycles. The van der Waals surface area contributed by atoms with Crippen LogP contribution in [0.25, 0.3) is 0 Å². The Morgan fingerprint density at radius 2 is 2.35 bits per heavy atom. The lowest BCUT2D eigenvalue weighted by molar-refractivity contribution is -0.118. The molecule has 110 valence electrons. The van der Waals surface area contributed by atoms with Crippen molar-refractivity contribution in [3.8, 4) is 0 Å². The Balaban J connectivity index is 1.92. The summed E-state index contributed by atoms with van der Waals surface area (Å²) in [5.74, 6) is -0.0449. The van der Waals surface area contributed by atoms with Crippen molar-refractivity contribution in [2.75, 3.05) is 18.4 Å². The molecule has 4 nitrogen and oxygen atoms in total. The summed E-state index contributed by atoms with van der Waals surface area (Å²) >= 11 is 9.43. The van der Waals surface area contributed by atoms with E-state index in [1.54, 1.807) is 12.1 Å². The topological polar surface area (TPSA) is 58.4 Å². The maximum atomic E-state index is 12.1. The second kappa shape index (κ2) is 6.89. The van der Waals surface area contributed by atoms with E-state index in [9.17, 15) is 4.79 Å². The lowest BCUT2D eigenvalue weighted by Crippen LogP contribution is -2.48. The van der Waals surface area contributed by atoms with Gasteiger partial charge in [-0.05, 0) is 38.0 Å². The second-order valence-corrected chi connectivity index (χ2v) is 6.60. The zero-order valence-electron chi connectivity index (χ0n) is 11.4. The Bertz CT molecular complexity index is 497. The number of carbonyl (C=O) groups is 1. The predicted molar refractivity (Wildman–Crippen MR) is 86.0 cm³/mol. The molecular formula is C14H19BrClN3O. The van der Waals surface area contributed by atoms with E-state index < -0.39 is 0 Å². The largest absolute Gasteiger partial charge is 0.328 e. The molecule has 2 atom stereocenters. The van der Waals surface area contributed by atoms with Gasteiger partial charge in [-0.25, -0.2) is 0 Å². The van der Waals surface area contributed by atoms with Crippen LogP contribution >= 0.6 is 27.5 Å². The van der Waals surface area contributed by atoms with Crippen molar-refractivity contribution >= 4 is 39.1 Å². The monoisotopic (exact) mass is 359 g/mol. The van der Waals surface area contributed by atoms with Crippen molar-refractivity contribution < 1.29 is 4.79 Å². The molecule has 0 radical (unpaired) electrons. The maximum absolute atomic E-state index is 12.1. The molecule has 0 aromatic heterocycles. The van der Waals surface area contributed by atoms with Gasteiger partial charge in [0.2, 0.25) is 5.91 Å². The van der Waals surface area contributed by atoms with Crippen LogP contribution < -0.4 is 11.1 Å². The molecule has 20 heavy (non-hydrogen) atoms. The van der Waals surface area contributed by atoms with Crippen molar-refractivity contribution in [3.63, 3.8) is 0 Å². The molecule has 2 unspecified atom stereocenters. The molecule has 1 aliphatic rings. The molecule has 1 amide bonds. The summed E-state index contributed by atoms with van der Waals surface area (Å²) in [5, 5.41) is 3.38. The van der Waals surface area contributed by atoms with E-state index >= 15 is 0 Å². The molecule has 1 aliphatic heterocycles. The number of hydrogen-bond acceptors (Lipinski definition) is 3. The molecule has 0 aliphatic carbocycles. The van der Waals surface area contributed by atoms with E-state index in [0.717, 1.165) is 23.9 Å². The standard InChI is InChI=1S/C14H19BrClN3O/c1-9-6-11(17)4-5-19(9)8-14(20)18-13-3-2-10(15)7-12(13)16/h2-3,7,9,11H,4-6,8,17H2,1H3,(H,18,20). The van der Waals surface area contributed by atoms with Gasteiger partial charge in [0.25, 0.3) is 0 Å². The van der Waals surface area contributed by atoms with Crippen molar-refractivity contribution in [1.29, 1.82) is 0 Å². The Kier molecular flexibility index (Phi) is 5.43. The minimum absolute atomic E-state index is 0.0449. The van der Waals surface area contributed by atoms with E-state index in [1.807, 2.05) is 6.07 Å². The first-order valence-electron chi connectivity index (χ1n) is 6.70. The third kappa shape index (κ3) is 4.19. The minimum atomic E-state index is -0.0449. The van der Waals surface area contributed by atoms with Crippen LogP contribution in [0.2, 0.25) is 5.02 Å². The van der Waals surface area contributed by atoms with Crippen LogP contribution in [0.15, 0.2) is 22.7 Å². The average Bonchev–Trinajstić information content (AvgIpc) is 2.36. The first-order chi connectivity index (χ1) is 9.45. The summed E-state index contributed by atoms with van der Waals surface area (Å²) in [7, 11) is 0. The summed E-state index contributed by atoms with van der Waals surface area (Å²) in [4.78, 5) is 14.2. The van der Waals surface area contributed by atoms with Crippen LogP contribution in [-0.4, -0.2) is 36.0 Å². The van der Waals surface area contributed by atoms with Crippen molar-refractivity contribution in [1.82, 2.24) is 4.90 Å². The fourth-order valence-corrected chi connectivity index (χ4v) is 3.18. The van der Waals surface area contributed by atoms with Gasteiger partial charge in [-0.15, -0.1) is 0 Å². The summed E-state index contributed by atoms with van der Waals surface area (Å²) < 4.78 is 0.888. The first-order valence-corrected chi connectivity index (χ1v) is 7.87. The Morgan fingerprint density at radius 3 is 3.00 bits per heavy atom. The van der Waals surface area contributed by atoms with Gasteiger partial charge in [0.1, 0.15) is 0 Å². The van der Waals surface area contributed by atoms with Crippen LogP contribution in [0.5, 0.6) is 0 Å². The molecule has 6 heteroatoms. The highest BCUT2D eigenvalue weighted by Crippen LogP contribution is 2.25. The molecule has 1 aromatic carbocycles. The zero-order chi connectivity index (χ0) is 14.7. The third-order valence-electron chi connectivity index (χ3n) is 3.61. The fourth-order valence-electron chi connectivity index (χ4n) is 2.46. The van der Waals surface area contributed by atoms with Crippen LogP contribution in [0.1, 0.15) is 19.8 Å². The van der Waals surface area contributed by atoms with Crippen LogP contribution in [0.3, 0.4) is 0 Å². The molecule has 1 heterocycles. The maximum Gasteiger partial charge on any atom is 0.238 e.